The standard InChI is InChI=1S/C13H18N4O2S/c1-3-14-10-11-6-4-5-7-12(11)20(18,19)16-13-8-9-17(2)15-13/h4-9,14H,3,10H2,1-2H3,(H,15,16). The van der Waals surface area contributed by atoms with Gasteiger partial charge >= 0.3 is 0 Å². The molecule has 1 aromatic carbocycles. The molecule has 2 rings (SSSR count). The molecule has 0 saturated heterocycles. The lowest BCUT2D eigenvalue weighted by atomic mass is 10.2. The van der Waals surface area contributed by atoms with E-state index in [-0.39, 0.29) is 4.90 Å². The summed E-state index contributed by atoms with van der Waals surface area (Å²) in [6.45, 7) is 3.26. The maximum absolute atomic E-state index is 12.4. The largest absolute Gasteiger partial charge is 0.313 e. The fourth-order valence-electron chi connectivity index (χ4n) is 1.83. The van der Waals surface area contributed by atoms with Crippen LogP contribution in [0.25, 0.3) is 0 Å². The molecule has 0 aliphatic carbocycles. The number of nitrogens with zero attached hydrogens (tertiary/aromatic N) is 2. The van der Waals surface area contributed by atoms with Crippen molar-refractivity contribution in [3.63, 3.8) is 0 Å². The highest BCUT2D eigenvalue weighted by Gasteiger charge is 2.18. The van der Waals surface area contributed by atoms with Crippen LogP contribution in [0.4, 0.5) is 5.82 Å². The molecule has 0 amide bonds. The van der Waals surface area contributed by atoms with E-state index in [4.69, 9.17) is 0 Å². The summed E-state index contributed by atoms with van der Waals surface area (Å²) < 4.78 is 28.8. The minimum atomic E-state index is -3.63. The van der Waals surface area contributed by atoms with Gasteiger partial charge in [-0.25, -0.2) is 8.42 Å². The number of rotatable bonds is 6. The van der Waals surface area contributed by atoms with Crippen LogP contribution >= 0.6 is 0 Å². The highest BCUT2D eigenvalue weighted by molar-refractivity contribution is 7.92. The van der Waals surface area contributed by atoms with Gasteiger partial charge in [0, 0.05) is 25.9 Å². The maximum Gasteiger partial charge on any atom is 0.263 e. The number of nitrogens with one attached hydrogen (secondary N) is 2. The second-order valence-corrected chi connectivity index (χ2v) is 6.02. The van der Waals surface area contributed by atoms with Gasteiger partial charge in [-0.15, -0.1) is 0 Å². The Bertz CT molecular complexity index is 679. The van der Waals surface area contributed by atoms with Gasteiger partial charge < -0.3 is 5.32 Å². The van der Waals surface area contributed by atoms with Crippen LogP contribution in [0.1, 0.15) is 12.5 Å². The van der Waals surface area contributed by atoms with E-state index in [0.717, 1.165) is 12.1 Å². The van der Waals surface area contributed by atoms with Crippen LogP contribution in [-0.2, 0) is 23.6 Å². The van der Waals surface area contributed by atoms with Gasteiger partial charge in [-0.1, -0.05) is 25.1 Å². The van der Waals surface area contributed by atoms with E-state index in [1.54, 1.807) is 42.2 Å². The predicted octanol–water partition coefficient (Wildman–Crippen LogP) is 1.33. The first kappa shape index (κ1) is 14.5. The van der Waals surface area contributed by atoms with Crippen LogP contribution in [0.5, 0.6) is 0 Å². The number of sulfonamides is 1. The second kappa shape index (κ2) is 6.06. The molecule has 6 nitrogen and oxygen atoms in total. The van der Waals surface area contributed by atoms with Crippen molar-refractivity contribution < 1.29 is 8.42 Å². The number of hydrogen-bond donors (Lipinski definition) is 2. The van der Waals surface area contributed by atoms with E-state index in [0.29, 0.717) is 12.4 Å². The molecule has 0 unspecified atom stereocenters. The minimum Gasteiger partial charge on any atom is -0.313 e. The molecule has 1 heterocycles. The Balaban J connectivity index is 2.29. The summed E-state index contributed by atoms with van der Waals surface area (Å²) in [7, 11) is -1.89. The van der Waals surface area contributed by atoms with E-state index in [9.17, 15) is 8.42 Å². The van der Waals surface area contributed by atoms with Crippen LogP contribution in [0.3, 0.4) is 0 Å². The lowest BCUT2D eigenvalue weighted by Crippen LogP contribution is -2.19. The summed E-state index contributed by atoms with van der Waals surface area (Å²) in [4.78, 5) is 0.270. The summed E-state index contributed by atoms with van der Waals surface area (Å²) >= 11 is 0. The van der Waals surface area contributed by atoms with Gasteiger partial charge in [-0.2, -0.15) is 5.10 Å². The van der Waals surface area contributed by atoms with Gasteiger partial charge in [0.1, 0.15) is 0 Å². The topological polar surface area (TPSA) is 76.0 Å². The second-order valence-electron chi connectivity index (χ2n) is 4.37. The molecule has 108 valence electrons. The first-order valence-electron chi connectivity index (χ1n) is 6.34. The molecule has 0 spiro atoms. The van der Waals surface area contributed by atoms with Crippen molar-refractivity contribution in [2.75, 3.05) is 11.3 Å². The average molecular weight is 294 g/mol. The Morgan fingerprint density at radius 1 is 1.25 bits per heavy atom. The minimum absolute atomic E-state index is 0.270. The molecule has 20 heavy (non-hydrogen) atoms. The number of aromatic nitrogens is 2. The highest BCUT2D eigenvalue weighted by Crippen LogP contribution is 2.18. The maximum atomic E-state index is 12.4. The summed E-state index contributed by atoms with van der Waals surface area (Å²) in [6.07, 6.45) is 1.68. The monoisotopic (exact) mass is 294 g/mol. The Morgan fingerprint density at radius 3 is 2.65 bits per heavy atom. The molecule has 0 aliphatic rings. The van der Waals surface area contributed by atoms with Gasteiger partial charge in [-0.3, -0.25) is 9.40 Å². The zero-order chi connectivity index (χ0) is 14.6. The molecule has 2 aromatic rings. The first-order valence-corrected chi connectivity index (χ1v) is 7.82. The van der Waals surface area contributed by atoms with Gasteiger partial charge in [0.2, 0.25) is 0 Å². The average Bonchev–Trinajstić information content (AvgIpc) is 2.81. The van der Waals surface area contributed by atoms with Crippen molar-refractivity contribution in [3.05, 3.63) is 42.1 Å². The number of hydrogen-bond acceptors (Lipinski definition) is 4. The van der Waals surface area contributed by atoms with Crippen LogP contribution in [-0.4, -0.2) is 24.7 Å². The smallest absolute Gasteiger partial charge is 0.263 e. The molecule has 0 fully saturated rings. The van der Waals surface area contributed by atoms with Crippen molar-refractivity contribution in [3.8, 4) is 0 Å². The third-order valence-corrected chi connectivity index (χ3v) is 4.24. The van der Waals surface area contributed by atoms with Gasteiger partial charge in [0.05, 0.1) is 4.90 Å². The molecular weight excluding hydrogens is 276 g/mol. The Kier molecular flexibility index (Phi) is 4.41. The summed E-state index contributed by atoms with van der Waals surface area (Å²) in [6, 6.07) is 8.55. The highest BCUT2D eigenvalue weighted by atomic mass is 32.2. The number of benzene rings is 1. The summed E-state index contributed by atoms with van der Waals surface area (Å²) in [5, 5.41) is 7.16. The van der Waals surface area contributed by atoms with E-state index >= 15 is 0 Å². The zero-order valence-electron chi connectivity index (χ0n) is 11.5. The third-order valence-electron chi connectivity index (χ3n) is 2.78. The lowest BCUT2D eigenvalue weighted by Gasteiger charge is -2.11. The van der Waals surface area contributed by atoms with E-state index in [2.05, 4.69) is 15.1 Å². The number of aryl methyl sites for hydroxylation is 1. The molecule has 1 aromatic heterocycles. The number of anilines is 1. The molecule has 7 heteroatoms. The van der Waals surface area contributed by atoms with E-state index < -0.39 is 10.0 Å². The quantitative estimate of drug-likeness (QED) is 0.843. The normalized spacial score (nSPS) is 11.5. The van der Waals surface area contributed by atoms with Crippen molar-refractivity contribution in [2.45, 2.75) is 18.4 Å². The molecule has 0 bridgehead atoms. The molecule has 0 aliphatic heterocycles. The van der Waals surface area contributed by atoms with E-state index in [1.807, 2.05) is 13.0 Å². The van der Waals surface area contributed by atoms with Gasteiger partial charge in [0.25, 0.3) is 10.0 Å². The van der Waals surface area contributed by atoms with Crippen LogP contribution in [0.2, 0.25) is 0 Å². The van der Waals surface area contributed by atoms with Crippen molar-refractivity contribution >= 4 is 15.8 Å². The summed E-state index contributed by atoms with van der Waals surface area (Å²) in [5.41, 5.74) is 0.734. The molecule has 0 saturated carbocycles. The van der Waals surface area contributed by atoms with Crippen LogP contribution in [0, 0.1) is 0 Å². The van der Waals surface area contributed by atoms with Crippen molar-refractivity contribution in [2.24, 2.45) is 7.05 Å². The summed E-state index contributed by atoms with van der Waals surface area (Å²) in [5.74, 6) is 0.311. The SMILES string of the molecule is CCNCc1ccccc1S(=O)(=O)Nc1ccn(C)n1. The Morgan fingerprint density at radius 2 is 2.00 bits per heavy atom. The Labute approximate surface area is 118 Å². The lowest BCUT2D eigenvalue weighted by molar-refractivity contribution is 0.598. The molecule has 0 radical (unpaired) electrons. The van der Waals surface area contributed by atoms with Crippen LogP contribution in [0.15, 0.2) is 41.4 Å². The van der Waals surface area contributed by atoms with Gasteiger partial charge in [-0.05, 0) is 18.2 Å². The molecule has 2 N–H and O–H groups in total. The fraction of sp³-hybridized carbons (Fsp3) is 0.308. The molecular formula is C13H18N4O2S. The third kappa shape index (κ3) is 3.37. The zero-order valence-corrected chi connectivity index (χ0v) is 12.3. The predicted molar refractivity (Wildman–Crippen MR) is 77.8 cm³/mol. The van der Waals surface area contributed by atoms with Gasteiger partial charge in [0.15, 0.2) is 5.82 Å². The van der Waals surface area contributed by atoms with Crippen molar-refractivity contribution in [1.82, 2.24) is 15.1 Å². The molecule has 0 atom stereocenters. The fourth-order valence-corrected chi connectivity index (χ4v) is 3.07. The van der Waals surface area contributed by atoms with Crippen molar-refractivity contribution in [1.29, 1.82) is 0 Å². The van der Waals surface area contributed by atoms with Crippen LogP contribution < -0.4 is 10.0 Å². The first-order chi connectivity index (χ1) is 9.53. The van der Waals surface area contributed by atoms with E-state index in [1.165, 1.54) is 0 Å². The Hall–Kier alpha value is -1.86.